The van der Waals surface area contributed by atoms with E-state index >= 15 is 0 Å². The third-order valence-corrected chi connectivity index (χ3v) is 2.11. The van der Waals surface area contributed by atoms with E-state index in [9.17, 15) is 0 Å². The summed E-state index contributed by atoms with van der Waals surface area (Å²) < 4.78 is 0. The number of rotatable bonds is 2. The van der Waals surface area contributed by atoms with Gasteiger partial charge in [0.05, 0.1) is 0 Å². The number of allylic oxidation sites excluding steroid dienone is 8. The van der Waals surface area contributed by atoms with Gasteiger partial charge < -0.3 is 0 Å². The minimum atomic E-state index is 1.22. The highest BCUT2D eigenvalue weighted by molar-refractivity contribution is 5.32. The molecule has 1 rings (SSSR count). The van der Waals surface area contributed by atoms with E-state index in [2.05, 4.69) is 36.5 Å². The Balaban J connectivity index is 2.54. The molecular weight excluding hydrogens is 156 g/mol. The summed E-state index contributed by atoms with van der Waals surface area (Å²) in [6, 6.07) is 0. The summed E-state index contributed by atoms with van der Waals surface area (Å²) in [5, 5.41) is 0. The largest absolute Gasteiger partial charge is 0.0877 e. The molecule has 0 aromatic rings. The Bertz CT molecular complexity index is 239. The first kappa shape index (κ1) is 10.0. The highest BCUT2D eigenvalue weighted by Crippen LogP contribution is 2.11. The molecule has 0 heteroatoms. The van der Waals surface area contributed by atoms with E-state index in [1.165, 1.54) is 31.3 Å². The lowest BCUT2D eigenvalue weighted by atomic mass is 10.1. The van der Waals surface area contributed by atoms with Crippen molar-refractivity contribution in [2.24, 2.45) is 0 Å². The van der Waals surface area contributed by atoms with Gasteiger partial charge >= 0.3 is 0 Å². The van der Waals surface area contributed by atoms with Gasteiger partial charge in [0.15, 0.2) is 0 Å². The Kier molecular flexibility index (Phi) is 5.00. The van der Waals surface area contributed by atoms with Crippen LogP contribution < -0.4 is 0 Å². The average molecular weight is 174 g/mol. The Hall–Kier alpha value is -1.04. The zero-order chi connectivity index (χ0) is 9.36. The normalized spacial score (nSPS) is 19.0. The molecule has 0 aromatic heterocycles. The van der Waals surface area contributed by atoms with Crippen molar-refractivity contribution in [2.75, 3.05) is 0 Å². The zero-order valence-corrected chi connectivity index (χ0v) is 8.37. The van der Waals surface area contributed by atoms with Gasteiger partial charge in [-0.1, -0.05) is 42.5 Å². The van der Waals surface area contributed by atoms with E-state index in [0.29, 0.717) is 0 Å². The summed E-state index contributed by atoms with van der Waals surface area (Å²) >= 11 is 0. The van der Waals surface area contributed by atoms with Crippen molar-refractivity contribution >= 4 is 0 Å². The van der Waals surface area contributed by atoms with Crippen LogP contribution in [0.4, 0.5) is 0 Å². The van der Waals surface area contributed by atoms with Gasteiger partial charge in [-0.2, -0.15) is 0 Å². The molecule has 0 radical (unpaired) electrons. The van der Waals surface area contributed by atoms with Crippen molar-refractivity contribution in [1.29, 1.82) is 0 Å². The van der Waals surface area contributed by atoms with Crippen LogP contribution in [0.1, 0.15) is 32.6 Å². The van der Waals surface area contributed by atoms with Gasteiger partial charge in [-0.25, -0.2) is 0 Å². The molecule has 0 amide bonds. The maximum atomic E-state index is 2.32. The maximum Gasteiger partial charge on any atom is -0.0300 e. The first-order valence-electron chi connectivity index (χ1n) is 5.09. The first-order valence-corrected chi connectivity index (χ1v) is 5.09. The van der Waals surface area contributed by atoms with Crippen LogP contribution in [0.2, 0.25) is 0 Å². The fourth-order valence-corrected chi connectivity index (χ4v) is 1.36. The predicted octanol–water partition coefficient (Wildman–Crippen LogP) is 4.18. The van der Waals surface area contributed by atoms with Crippen LogP contribution in [-0.2, 0) is 0 Å². The Morgan fingerprint density at radius 3 is 2.85 bits per heavy atom. The fourth-order valence-electron chi connectivity index (χ4n) is 1.36. The van der Waals surface area contributed by atoms with Crippen LogP contribution in [0.3, 0.4) is 0 Å². The summed E-state index contributed by atoms with van der Waals surface area (Å²) in [5.74, 6) is 0. The predicted molar refractivity (Wildman–Crippen MR) is 59.6 cm³/mol. The van der Waals surface area contributed by atoms with Gasteiger partial charge in [0.2, 0.25) is 0 Å². The van der Waals surface area contributed by atoms with Crippen LogP contribution >= 0.6 is 0 Å². The molecule has 0 nitrogen and oxygen atoms in total. The molecule has 0 saturated heterocycles. The molecule has 0 N–H and O–H groups in total. The molecule has 0 heterocycles. The van der Waals surface area contributed by atoms with E-state index < -0.39 is 0 Å². The second-order valence-corrected chi connectivity index (χ2v) is 3.28. The van der Waals surface area contributed by atoms with Gasteiger partial charge in [-0.15, -0.1) is 0 Å². The number of hydrogen-bond acceptors (Lipinski definition) is 0. The molecule has 0 unspecified atom stereocenters. The van der Waals surface area contributed by atoms with E-state index in [4.69, 9.17) is 0 Å². The first-order chi connectivity index (χ1) is 6.43. The molecule has 70 valence electrons. The van der Waals surface area contributed by atoms with Crippen LogP contribution in [0, 0.1) is 0 Å². The Morgan fingerprint density at radius 1 is 1.15 bits per heavy atom. The Morgan fingerprint density at radius 2 is 2.00 bits per heavy atom. The van der Waals surface area contributed by atoms with Crippen molar-refractivity contribution in [1.82, 2.24) is 0 Å². The van der Waals surface area contributed by atoms with E-state index in [0.717, 1.165) is 0 Å². The molecule has 0 fully saturated rings. The highest BCUT2D eigenvalue weighted by atomic mass is 14.0. The van der Waals surface area contributed by atoms with Crippen molar-refractivity contribution in [2.45, 2.75) is 32.6 Å². The smallest absolute Gasteiger partial charge is 0.0300 e. The Labute approximate surface area is 81.4 Å². The van der Waals surface area contributed by atoms with Crippen molar-refractivity contribution in [3.63, 3.8) is 0 Å². The van der Waals surface area contributed by atoms with Gasteiger partial charge in [-0.3, -0.25) is 0 Å². The molecular formula is C13H18. The summed E-state index contributed by atoms with van der Waals surface area (Å²) in [6.45, 7) is 2.03. The molecule has 0 atom stereocenters. The molecule has 0 spiro atoms. The monoisotopic (exact) mass is 174 g/mol. The average Bonchev–Trinajstić information content (AvgIpc) is 2.08. The van der Waals surface area contributed by atoms with Crippen LogP contribution in [-0.4, -0.2) is 0 Å². The minimum absolute atomic E-state index is 1.22. The van der Waals surface area contributed by atoms with Crippen molar-refractivity contribution in [3.8, 4) is 0 Å². The third-order valence-electron chi connectivity index (χ3n) is 2.11. The topological polar surface area (TPSA) is 0 Å². The van der Waals surface area contributed by atoms with Crippen LogP contribution in [0.5, 0.6) is 0 Å². The van der Waals surface area contributed by atoms with Gasteiger partial charge in [0, 0.05) is 0 Å². The summed E-state index contributed by atoms with van der Waals surface area (Å²) in [6.07, 6.45) is 20.3. The summed E-state index contributed by atoms with van der Waals surface area (Å²) in [4.78, 5) is 0. The van der Waals surface area contributed by atoms with Gasteiger partial charge in [0.1, 0.15) is 0 Å². The summed E-state index contributed by atoms with van der Waals surface area (Å²) in [5.41, 5.74) is 1.35. The molecule has 0 bridgehead atoms. The maximum absolute atomic E-state index is 2.32. The SMILES string of the molecule is CC=CC=CC1=CCCCCC=C1. The second-order valence-electron chi connectivity index (χ2n) is 3.28. The van der Waals surface area contributed by atoms with E-state index in [1.807, 2.05) is 13.0 Å². The summed E-state index contributed by atoms with van der Waals surface area (Å²) in [7, 11) is 0. The van der Waals surface area contributed by atoms with Gasteiger partial charge in [-0.05, 0) is 38.2 Å². The molecule has 0 saturated carbocycles. The van der Waals surface area contributed by atoms with Crippen molar-refractivity contribution < 1.29 is 0 Å². The minimum Gasteiger partial charge on any atom is -0.0877 e. The van der Waals surface area contributed by atoms with E-state index in [1.54, 1.807) is 0 Å². The van der Waals surface area contributed by atoms with Crippen molar-refractivity contribution in [3.05, 3.63) is 48.1 Å². The standard InChI is InChI=1S/C13H18/c1-2-3-7-10-13-11-8-5-4-6-9-12-13/h2-3,7-8,10-12H,4-6,9H2,1H3. The lowest BCUT2D eigenvalue weighted by Gasteiger charge is -2.00. The fraction of sp³-hybridized carbons (Fsp3) is 0.385. The molecule has 0 aromatic carbocycles. The molecule has 1 aliphatic carbocycles. The molecule has 0 aliphatic heterocycles. The van der Waals surface area contributed by atoms with Gasteiger partial charge in [0.25, 0.3) is 0 Å². The molecule has 13 heavy (non-hydrogen) atoms. The number of hydrogen-bond donors (Lipinski definition) is 0. The van der Waals surface area contributed by atoms with Crippen LogP contribution in [0.25, 0.3) is 0 Å². The lowest BCUT2D eigenvalue weighted by molar-refractivity contribution is 0.756. The zero-order valence-electron chi connectivity index (χ0n) is 8.37. The quantitative estimate of drug-likeness (QED) is 0.551. The highest BCUT2D eigenvalue weighted by Gasteiger charge is 1.91. The third kappa shape index (κ3) is 4.51. The molecule has 1 aliphatic rings. The second kappa shape index (κ2) is 6.47. The lowest BCUT2D eigenvalue weighted by Crippen LogP contribution is -1.80. The van der Waals surface area contributed by atoms with E-state index in [-0.39, 0.29) is 0 Å². The van der Waals surface area contributed by atoms with Crippen LogP contribution in [0.15, 0.2) is 48.1 Å².